The Morgan fingerprint density at radius 2 is 1.25 bits per heavy atom. The highest BCUT2D eigenvalue weighted by molar-refractivity contribution is 5.87. The normalized spacial score (nSPS) is 11.1. The van der Waals surface area contributed by atoms with Crippen LogP contribution in [0.1, 0.15) is 25.0 Å². The Labute approximate surface area is 166 Å². The first kappa shape index (κ1) is 18.2. The summed E-state index contributed by atoms with van der Waals surface area (Å²) >= 11 is 0. The average Bonchev–Trinajstić information content (AvgIpc) is 2.69. The molecule has 0 bridgehead atoms. The highest BCUT2D eigenvalue weighted by Gasteiger charge is 2.21. The second-order valence-electron chi connectivity index (χ2n) is 7.16. The molecule has 0 saturated heterocycles. The van der Waals surface area contributed by atoms with Crippen molar-refractivity contribution < 1.29 is 4.57 Å². The van der Waals surface area contributed by atoms with Gasteiger partial charge in [0.25, 0.3) is 0 Å². The molecule has 0 atom stereocenters. The lowest BCUT2D eigenvalue weighted by molar-refractivity contribution is -0.538. The number of para-hydroxylation sites is 1. The van der Waals surface area contributed by atoms with Gasteiger partial charge in [0, 0.05) is 48.7 Å². The Balaban J connectivity index is 2.14. The van der Waals surface area contributed by atoms with Crippen molar-refractivity contribution in [1.29, 1.82) is 0 Å². The topological polar surface area (TPSA) is 40.8 Å². The van der Waals surface area contributed by atoms with E-state index in [2.05, 4.69) is 97.5 Å². The number of anilines is 2. The number of benzene rings is 3. The third-order valence-corrected chi connectivity index (χ3v) is 5.11. The van der Waals surface area contributed by atoms with E-state index in [0.717, 1.165) is 52.2 Å². The number of nitrogens with zero attached hydrogens (tertiary/aromatic N) is 2. The van der Waals surface area contributed by atoms with Crippen molar-refractivity contribution in [3.8, 4) is 5.69 Å². The molecule has 0 fully saturated rings. The van der Waals surface area contributed by atoms with Crippen LogP contribution < -0.4 is 15.2 Å². The van der Waals surface area contributed by atoms with Gasteiger partial charge in [-0.2, -0.15) is 0 Å². The Bertz CT molecular complexity index is 1080. The van der Waals surface area contributed by atoms with Crippen LogP contribution in [0.25, 0.3) is 27.8 Å². The van der Waals surface area contributed by atoms with Gasteiger partial charge in [-0.1, -0.05) is 18.2 Å². The molecule has 0 aliphatic heterocycles. The second-order valence-corrected chi connectivity index (χ2v) is 7.16. The van der Waals surface area contributed by atoms with Crippen molar-refractivity contribution in [2.45, 2.75) is 27.7 Å². The standard InChI is InChI=1S/C24H26N4/c1-5-25-19-14-23-21(12-16(19)3)27-22-13-17(4)20(26-6-2)15-24(22)28(23)18-10-8-7-9-11-18/h7-15H,5-6H2,1-4H3,(H,25,26)/p+1. The van der Waals surface area contributed by atoms with E-state index in [1.807, 2.05) is 0 Å². The zero-order chi connectivity index (χ0) is 19.7. The van der Waals surface area contributed by atoms with Crippen LogP contribution in [0.4, 0.5) is 11.4 Å². The number of aryl methyl sites for hydroxylation is 2. The Hall–Kier alpha value is -3.14. The minimum Gasteiger partial charge on any atom is -0.385 e. The third-order valence-electron chi connectivity index (χ3n) is 5.11. The molecule has 1 aromatic heterocycles. The minimum atomic E-state index is 0.891. The zero-order valence-corrected chi connectivity index (χ0v) is 17.0. The van der Waals surface area contributed by atoms with Gasteiger partial charge >= 0.3 is 0 Å². The molecule has 0 spiro atoms. The van der Waals surface area contributed by atoms with Crippen molar-refractivity contribution in [1.82, 2.24) is 4.98 Å². The largest absolute Gasteiger partial charge is 0.385 e. The van der Waals surface area contributed by atoms with Gasteiger partial charge in [0.15, 0.2) is 0 Å². The van der Waals surface area contributed by atoms with E-state index in [1.54, 1.807) is 0 Å². The molecule has 0 amide bonds. The predicted molar refractivity (Wildman–Crippen MR) is 119 cm³/mol. The van der Waals surface area contributed by atoms with Crippen molar-refractivity contribution in [3.05, 3.63) is 65.7 Å². The van der Waals surface area contributed by atoms with Crippen LogP contribution in [0, 0.1) is 13.8 Å². The lowest BCUT2D eigenvalue weighted by Crippen LogP contribution is -2.33. The number of rotatable bonds is 5. The first-order valence-electron chi connectivity index (χ1n) is 9.96. The highest BCUT2D eigenvalue weighted by atomic mass is 15.0. The molecule has 4 nitrogen and oxygen atoms in total. The molecule has 0 saturated carbocycles. The Morgan fingerprint density at radius 1 is 0.750 bits per heavy atom. The van der Waals surface area contributed by atoms with Gasteiger partial charge in [-0.25, -0.2) is 4.98 Å². The van der Waals surface area contributed by atoms with Crippen LogP contribution in [0.15, 0.2) is 54.6 Å². The molecule has 4 heteroatoms. The molecular weight excluding hydrogens is 344 g/mol. The summed E-state index contributed by atoms with van der Waals surface area (Å²) in [6.07, 6.45) is 0. The van der Waals surface area contributed by atoms with Gasteiger partial charge in [0.1, 0.15) is 11.0 Å². The summed E-state index contributed by atoms with van der Waals surface area (Å²) in [4.78, 5) is 5.01. The van der Waals surface area contributed by atoms with Crippen LogP contribution in [0.3, 0.4) is 0 Å². The maximum atomic E-state index is 5.01. The van der Waals surface area contributed by atoms with Crippen molar-refractivity contribution in [3.63, 3.8) is 0 Å². The summed E-state index contributed by atoms with van der Waals surface area (Å²) in [6, 6.07) is 19.3. The number of nitrogens with one attached hydrogen (secondary N) is 2. The van der Waals surface area contributed by atoms with Gasteiger partial charge < -0.3 is 10.6 Å². The fourth-order valence-corrected chi connectivity index (χ4v) is 3.78. The SMILES string of the molecule is CCNc1cc2c(cc1C)nc1cc(C)c(NCC)cc1[n+]2-c1ccccc1. The Kier molecular flexibility index (Phi) is 4.86. The predicted octanol–water partition coefficient (Wildman–Crippen LogP) is 5.15. The molecule has 0 aliphatic carbocycles. The molecule has 0 radical (unpaired) electrons. The molecule has 2 N–H and O–H groups in total. The maximum Gasteiger partial charge on any atom is 0.239 e. The van der Waals surface area contributed by atoms with Crippen molar-refractivity contribution in [2.24, 2.45) is 0 Å². The van der Waals surface area contributed by atoms with Gasteiger partial charge in [-0.3, -0.25) is 0 Å². The monoisotopic (exact) mass is 371 g/mol. The first-order valence-corrected chi connectivity index (χ1v) is 9.96. The average molecular weight is 372 g/mol. The van der Waals surface area contributed by atoms with Crippen LogP contribution in [0.2, 0.25) is 0 Å². The van der Waals surface area contributed by atoms with Crippen LogP contribution in [-0.4, -0.2) is 18.1 Å². The summed E-state index contributed by atoms with van der Waals surface area (Å²) in [5.74, 6) is 0. The van der Waals surface area contributed by atoms with Crippen molar-refractivity contribution >= 4 is 33.4 Å². The van der Waals surface area contributed by atoms with E-state index >= 15 is 0 Å². The third kappa shape index (κ3) is 3.15. The van der Waals surface area contributed by atoms with E-state index in [-0.39, 0.29) is 0 Å². The molecule has 1 heterocycles. The van der Waals surface area contributed by atoms with E-state index in [1.165, 1.54) is 11.1 Å². The number of hydrogen-bond acceptors (Lipinski definition) is 3. The van der Waals surface area contributed by atoms with Crippen molar-refractivity contribution in [2.75, 3.05) is 23.7 Å². The quantitative estimate of drug-likeness (QED) is 0.377. The first-order chi connectivity index (χ1) is 13.6. The summed E-state index contributed by atoms with van der Waals surface area (Å²) in [7, 11) is 0. The molecule has 3 aromatic carbocycles. The van der Waals surface area contributed by atoms with Crippen LogP contribution in [0.5, 0.6) is 0 Å². The second kappa shape index (κ2) is 7.47. The number of hydrogen-bond donors (Lipinski definition) is 2. The highest BCUT2D eigenvalue weighted by Crippen LogP contribution is 2.27. The van der Waals surface area contributed by atoms with Gasteiger partial charge in [0.2, 0.25) is 16.7 Å². The number of fused-ring (bicyclic) bond motifs is 2. The van der Waals surface area contributed by atoms with Gasteiger partial charge in [0.05, 0.1) is 0 Å². The summed E-state index contributed by atoms with van der Waals surface area (Å²) in [5, 5.41) is 6.96. The van der Waals surface area contributed by atoms with E-state index in [9.17, 15) is 0 Å². The van der Waals surface area contributed by atoms with E-state index < -0.39 is 0 Å². The Morgan fingerprint density at radius 3 is 1.71 bits per heavy atom. The molecule has 142 valence electrons. The van der Waals surface area contributed by atoms with Crippen LogP contribution in [-0.2, 0) is 0 Å². The number of aromatic nitrogens is 2. The fraction of sp³-hybridized carbons (Fsp3) is 0.250. The van der Waals surface area contributed by atoms with E-state index in [0.29, 0.717) is 0 Å². The van der Waals surface area contributed by atoms with E-state index in [4.69, 9.17) is 4.98 Å². The van der Waals surface area contributed by atoms with Gasteiger partial charge in [-0.15, -0.1) is 4.57 Å². The summed E-state index contributed by atoms with van der Waals surface area (Å²) in [5.41, 5.74) is 10.1. The molecule has 4 rings (SSSR count). The molecule has 0 unspecified atom stereocenters. The lowest BCUT2D eigenvalue weighted by Gasteiger charge is -2.12. The smallest absolute Gasteiger partial charge is 0.239 e. The molecule has 0 aliphatic rings. The minimum absolute atomic E-state index is 0.891. The van der Waals surface area contributed by atoms with Crippen LogP contribution >= 0.6 is 0 Å². The zero-order valence-electron chi connectivity index (χ0n) is 17.0. The summed E-state index contributed by atoms with van der Waals surface area (Å²) < 4.78 is 2.32. The summed E-state index contributed by atoms with van der Waals surface area (Å²) in [6.45, 7) is 10.3. The molecule has 4 aromatic rings. The lowest BCUT2D eigenvalue weighted by atomic mass is 10.1. The molecular formula is C24H27N4+. The molecule has 28 heavy (non-hydrogen) atoms. The maximum absolute atomic E-state index is 5.01. The fourth-order valence-electron chi connectivity index (χ4n) is 3.78. The van der Waals surface area contributed by atoms with Gasteiger partial charge in [-0.05, 0) is 51.0 Å².